The fourth-order valence-corrected chi connectivity index (χ4v) is 1.92. The van der Waals surface area contributed by atoms with E-state index < -0.39 is 12.1 Å². The first-order valence-electron chi connectivity index (χ1n) is 5.76. The van der Waals surface area contributed by atoms with Crippen LogP contribution in [0.25, 0.3) is 0 Å². The van der Waals surface area contributed by atoms with Gasteiger partial charge in [-0.15, -0.1) is 0 Å². The van der Waals surface area contributed by atoms with Crippen molar-refractivity contribution in [1.29, 1.82) is 5.26 Å². The van der Waals surface area contributed by atoms with Crippen LogP contribution in [0.4, 0.5) is 11.5 Å². The first-order valence-corrected chi connectivity index (χ1v) is 5.76. The molecule has 2 N–H and O–H groups in total. The summed E-state index contributed by atoms with van der Waals surface area (Å²) in [5, 5.41) is 8.88. The number of hydrogen-bond acceptors (Lipinski definition) is 7. The van der Waals surface area contributed by atoms with Crippen molar-refractivity contribution < 1.29 is 14.3 Å². The van der Waals surface area contributed by atoms with E-state index in [0.717, 1.165) is 0 Å². The highest BCUT2D eigenvalue weighted by Gasteiger charge is 2.24. The Hall–Kier alpha value is -2.33. The number of hydrogen-bond donors (Lipinski definition) is 1. The predicted molar refractivity (Wildman–Crippen MR) is 67.6 cm³/mol. The lowest BCUT2D eigenvalue weighted by Crippen LogP contribution is -2.42. The Morgan fingerprint density at radius 3 is 3.21 bits per heavy atom. The summed E-state index contributed by atoms with van der Waals surface area (Å²) in [4.78, 5) is 17.6. The number of rotatable bonds is 2. The van der Waals surface area contributed by atoms with Gasteiger partial charge in [0, 0.05) is 12.7 Å². The number of morpholine rings is 1. The lowest BCUT2D eigenvalue weighted by molar-refractivity contribution is 0.0602. The molecule has 1 saturated heterocycles. The SMILES string of the molecule is COC(=O)c1ccnc(N2CCOC(C#N)C2)c1N. The zero-order chi connectivity index (χ0) is 13.8. The van der Waals surface area contributed by atoms with Crippen molar-refractivity contribution in [1.82, 2.24) is 4.98 Å². The molecule has 7 nitrogen and oxygen atoms in total. The minimum atomic E-state index is -0.517. The maximum Gasteiger partial charge on any atom is 0.340 e. The Labute approximate surface area is 110 Å². The first kappa shape index (κ1) is 13.1. The van der Waals surface area contributed by atoms with Crippen LogP contribution in [0.15, 0.2) is 12.3 Å². The van der Waals surface area contributed by atoms with E-state index in [-0.39, 0.29) is 11.3 Å². The second-order valence-electron chi connectivity index (χ2n) is 4.02. The molecule has 2 rings (SSSR count). The van der Waals surface area contributed by atoms with Gasteiger partial charge < -0.3 is 20.1 Å². The molecule has 1 aliphatic heterocycles. The van der Waals surface area contributed by atoms with Gasteiger partial charge in [-0.25, -0.2) is 9.78 Å². The number of nitrogen functional groups attached to an aromatic ring is 1. The van der Waals surface area contributed by atoms with Crippen LogP contribution in [0.5, 0.6) is 0 Å². The third-order valence-corrected chi connectivity index (χ3v) is 2.88. The summed E-state index contributed by atoms with van der Waals surface area (Å²) in [5.41, 5.74) is 6.48. The molecule has 7 heteroatoms. The van der Waals surface area contributed by atoms with E-state index >= 15 is 0 Å². The van der Waals surface area contributed by atoms with Gasteiger partial charge in [-0.05, 0) is 6.07 Å². The topological polar surface area (TPSA) is 101 Å². The number of ether oxygens (including phenoxy) is 2. The van der Waals surface area contributed by atoms with Crippen LogP contribution in [-0.4, -0.2) is 43.9 Å². The molecule has 1 atom stereocenters. The Morgan fingerprint density at radius 1 is 1.74 bits per heavy atom. The molecule has 0 spiro atoms. The normalized spacial score (nSPS) is 18.7. The lowest BCUT2D eigenvalue weighted by atomic mass is 10.2. The fourth-order valence-electron chi connectivity index (χ4n) is 1.92. The van der Waals surface area contributed by atoms with Gasteiger partial charge >= 0.3 is 5.97 Å². The van der Waals surface area contributed by atoms with Crippen molar-refractivity contribution in [3.63, 3.8) is 0 Å². The number of nitrogens with two attached hydrogens (primary N) is 1. The summed E-state index contributed by atoms with van der Waals surface area (Å²) >= 11 is 0. The molecule has 2 heterocycles. The van der Waals surface area contributed by atoms with E-state index in [9.17, 15) is 4.79 Å². The number of carbonyl (C=O) groups is 1. The van der Waals surface area contributed by atoms with Gasteiger partial charge in [0.1, 0.15) is 0 Å². The van der Waals surface area contributed by atoms with Crippen molar-refractivity contribution in [3.05, 3.63) is 17.8 Å². The van der Waals surface area contributed by atoms with E-state index in [1.165, 1.54) is 19.4 Å². The zero-order valence-electron chi connectivity index (χ0n) is 10.5. The summed E-state index contributed by atoms with van der Waals surface area (Å²) in [6, 6.07) is 3.55. The molecule has 1 unspecified atom stereocenters. The quantitative estimate of drug-likeness (QED) is 0.758. The van der Waals surface area contributed by atoms with Gasteiger partial charge in [-0.1, -0.05) is 0 Å². The maximum atomic E-state index is 11.6. The number of esters is 1. The van der Waals surface area contributed by atoms with E-state index in [4.69, 9.17) is 15.7 Å². The molecule has 19 heavy (non-hydrogen) atoms. The predicted octanol–water partition coefficient (Wildman–Crippen LogP) is 0.179. The summed E-state index contributed by atoms with van der Waals surface area (Å²) in [5.74, 6) is -0.0299. The van der Waals surface area contributed by atoms with E-state index in [2.05, 4.69) is 9.72 Å². The highest BCUT2D eigenvalue weighted by atomic mass is 16.5. The van der Waals surface area contributed by atoms with Gasteiger partial charge in [0.05, 0.1) is 37.6 Å². The number of anilines is 2. The second kappa shape index (κ2) is 5.54. The average molecular weight is 262 g/mol. The van der Waals surface area contributed by atoms with Crippen molar-refractivity contribution in [2.75, 3.05) is 37.4 Å². The molecule has 100 valence electrons. The van der Waals surface area contributed by atoms with Gasteiger partial charge in [0.2, 0.25) is 0 Å². The largest absolute Gasteiger partial charge is 0.465 e. The molecule has 0 aromatic carbocycles. The average Bonchev–Trinajstić information content (AvgIpc) is 2.46. The van der Waals surface area contributed by atoms with E-state index in [0.29, 0.717) is 25.5 Å². The molecule has 1 aromatic rings. The minimum absolute atomic E-state index is 0.257. The van der Waals surface area contributed by atoms with Crippen LogP contribution in [-0.2, 0) is 9.47 Å². The summed E-state index contributed by atoms with van der Waals surface area (Å²) in [7, 11) is 1.29. The van der Waals surface area contributed by atoms with Crippen LogP contribution in [0.1, 0.15) is 10.4 Å². The molecule has 0 aliphatic carbocycles. The van der Waals surface area contributed by atoms with Gasteiger partial charge in [-0.3, -0.25) is 0 Å². The molecule has 1 aromatic heterocycles. The zero-order valence-corrected chi connectivity index (χ0v) is 10.5. The van der Waals surface area contributed by atoms with Crippen molar-refractivity contribution in [2.45, 2.75) is 6.10 Å². The van der Waals surface area contributed by atoms with Crippen molar-refractivity contribution in [2.24, 2.45) is 0 Å². The fraction of sp³-hybridized carbons (Fsp3) is 0.417. The Morgan fingerprint density at radius 2 is 2.53 bits per heavy atom. The maximum absolute atomic E-state index is 11.6. The number of pyridine rings is 1. The molecule has 0 amide bonds. The van der Waals surface area contributed by atoms with E-state index in [1.807, 2.05) is 11.0 Å². The summed E-state index contributed by atoms with van der Waals surface area (Å²) in [6.45, 7) is 1.36. The summed E-state index contributed by atoms with van der Waals surface area (Å²) < 4.78 is 9.91. The molecule has 0 bridgehead atoms. The molecule has 1 aliphatic rings. The van der Waals surface area contributed by atoms with Gasteiger partial charge in [0.15, 0.2) is 11.9 Å². The van der Waals surface area contributed by atoms with Crippen LogP contribution < -0.4 is 10.6 Å². The summed E-state index contributed by atoms with van der Waals surface area (Å²) in [6.07, 6.45) is 0.978. The third kappa shape index (κ3) is 2.58. The van der Waals surface area contributed by atoms with Crippen molar-refractivity contribution in [3.8, 4) is 6.07 Å². The number of carbonyl (C=O) groups excluding carboxylic acids is 1. The van der Waals surface area contributed by atoms with Gasteiger partial charge in [-0.2, -0.15) is 5.26 Å². The molecular formula is C12H14N4O3. The van der Waals surface area contributed by atoms with E-state index in [1.54, 1.807) is 0 Å². The Bertz CT molecular complexity index is 526. The third-order valence-electron chi connectivity index (χ3n) is 2.88. The second-order valence-corrected chi connectivity index (χ2v) is 4.02. The number of methoxy groups -OCH3 is 1. The van der Waals surface area contributed by atoms with Gasteiger partial charge in [0.25, 0.3) is 0 Å². The highest BCUT2D eigenvalue weighted by molar-refractivity contribution is 5.97. The molecule has 0 saturated carbocycles. The highest BCUT2D eigenvalue weighted by Crippen LogP contribution is 2.26. The first-order chi connectivity index (χ1) is 9.17. The molecule has 0 radical (unpaired) electrons. The minimum Gasteiger partial charge on any atom is -0.465 e. The van der Waals surface area contributed by atoms with Crippen molar-refractivity contribution >= 4 is 17.5 Å². The Balaban J connectivity index is 2.30. The van der Waals surface area contributed by atoms with Crippen LogP contribution in [0.3, 0.4) is 0 Å². The number of nitrogens with zero attached hydrogens (tertiary/aromatic N) is 3. The number of nitriles is 1. The number of aromatic nitrogens is 1. The van der Waals surface area contributed by atoms with Crippen LogP contribution in [0, 0.1) is 11.3 Å². The standard InChI is InChI=1S/C12H14N4O3/c1-18-12(17)9-2-3-15-11(10(9)14)16-4-5-19-8(6-13)7-16/h2-3,8H,4-5,7,14H2,1H3. The lowest BCUT2D eigenvalue weighted by Gasteiger charge is -2.31. The van der Waals surface area contributed by atoms with Crippen LogP contribution >= 0.6 is 0 Å². The molecular weight excluding hydrogens is 248 g/mol. The van der Waals surface area contributed by atoms with Crippen LogP contribution in [0.2, 0.25) is 0 Å². The molecule has 1 fully saturated rings. The Kier molecular flexibility index (Phi) is 3.82. The monoisotopic (exact) mass is 262 g/mol. The smallest absolute Gasteiger partial charge is 0.340 e.